The molecule has 0 aliphatic heterocycles. The van der Waals surface area contributed by atoms with Crippen molar-refractivity contribution in [3.8, 4) is 11.5 Å². The van der Waals surface area contributed by atoms with Crippen molar-refractivity contribution in [1.82, 2.24) is 4.98 Å². The van der Waals surface area contributed by atoms with Crippen LogP contribution in [-0.4, -0.2) is 16.7 Å². The van der Waals surface area contributed by atoms with Crippen LogP contribution in [0.2, 0.25) is 0 Å². The van der Waals surface area contributed by atoms with E-state index in [4.69, 9.17) is 4.74 Å². The molecule has 0 radical (unpaired) electrons. The summed E-state index contributed by atoms with van der Waals surface area (Å²) in [5.41, 5.74) is 2.57. The molecule has 0 unspecified atom stereocenters. The van der Waals surface area contributed by atoms with Gasteiger partial charge in [0, 0.05) is 21.9 Å². The fourth-order valence-corrected chi connectivity index (χ4v) is 2.35. The summed E-state index contributed by atoms with van der Waals surface area (Å²) in [6, 6.07) is 10.0. The molecule has 18 heavy (non-hydrogen) atoms. The maximum Gasteiger partial charge on any atom is 0.146 e. The predicted molar refractivity (Wildman–Crippen MR) is 73.4 cm³/mol. The molecule has 0 saturated carbocycles. The Morgan fingerprint density at radius 3 is 2.78 bits per heavy atom. The Morgan fingerprint density at radius 2 is 2.00 bits per heavy atom. The zero-order valence-electron chi connectivity index (χ0n) is 10.4. The van der Waals surface area contributed by atoms with Gasteiger partial charge in [-0.1, -0.05) is 18.2 Å². The number of H-pyrrole nitrogens is 1. The number of nitrogens with one attached hydrogen (secondary N) is 1. The number of aromatic nitrogens is 1. The lowest BCUT2D eigenvalue weighted by Gasteiger charge is -2.09. The Balaban J connectivity index is 2.43. The molecule has 0 fully saturated rings. The van der Waals surface area contributed by atoms with Gasteiger partial charge in [0.25, 0.3) is 0 Å². The molecule has 2 N–H and O–H groups in total. The first-order valence-corrected chi connectivity index (χ1v) is 6.08. The number of benzene rings is 2. The number of hydrogen-bond donors (Lipinski definition) is 2. The molecule has 3 heteroatoms. The van der Waals surface area contributed by atoms with Crippen LogP contribution < -0.4 is 4.74 Å². The van der Waals surface area contributed by atoms with E-state index >= 15 is 0 Å². The molecule has 0 saturated heterocycles. The molecule has 0 atom stereocenters. The number of fused-ring (bicyclic) bond motifs is 3. The van der Waals surface area contributed by atoms with Crippen LogP contribution in [0, 0.1) is 6.92 Å². The van der Waals surface area contributed by atoms with Crippen LogP contribution in [0.15, 0.2) is 30.3 Å². The molecule has 1 aromatic heterocycles. The Hall–Kier alpha value is -2.16. The van der Waals surface area contributed by atoms with Gasteiger partial charge in [0.15, 0.2) is 0 Å². The van der Waals surface area contributed by atoms with Crippen LogP contribution in [0.3, 0.4) is 0 Å². The summed E-state index contributed by atoms with van der Waals surface area (Å²) in [4.78, 5) is 3.25. The van der Waals surface area contributed by atoms with Gasteiger partial charge in [-0.2, -0.15) is 0 Å². The SMILES string of the molecule is CCOc1cc2c([nH]c3ccccc32)c(O)c1C. The summed E-state index contributed by atoms with van der Waals surface area (Å²) in [6.07, 6.45) is 0. The first-order chi connectivity index (χ1) is 8.72. The number of aromatic hydroxyl groups is 1. The number of rotatable bonds is 2. The van der Waals surface area contributed by atoms with Crippen LogP contribution in [0.5, 0.6) is 11.5 Å². The average molecular weight is 241 g/mol. The standard InChI is InChI=1S/C15H15NO2/c1-3-18-13-8-11-10-6-4-5-7-12(10)16-14(11)15(17)9(13)2/h4-8,16-17H,3H2,1-2H3. The number of hydrogen-bond acceptors (Lipinski definition) is 2. The van der Waals surface area contributed by atoms with Crippen LogP contribution in [-0.2, 0) is 0 Å². The summed E-state index contributed by atoms with van der Waals surface area (Å²) < 4.78 is 5.57. The first-order valence-electron chi connectivity index (χ1n) is 6.08. The van der Waals surface area contributed by atoms with Gasteiger partial charge in [-0.3, -0.25) is 0 Å². The van der Waals surface area contributed by atoms with Gasteiger partial charge < -0.3 is 14.8 Å². The third-order valence-electron chi connectivity index (χ3n) is 3.28. The summed E-state index contributed by atoms with van der Waals surface area (Å²) in [6.45, 7) is 4.40. The molecule has 0 bridgehead atoms. The van der Waals surface area contributed by atoms with E-state index in [9.17, 15) is 5.11 Å². The quantitative estimate of drug-likeness (QED) is 0.718. The Kier molecular flexibility index (Phi) is 2.40. The van der Waals surface area contributed by atoms with Gasteiger partial charge in [-0.05, 0) is 26.0 Å². The van der Waals surface area contributed by atoms with Gasteiger partial charge in [0.2, 0.25) is 0 Å². The van der Waals surface area contributed by atoms with Crippen LogP contribution in [0.1, 0.15) is 12.5 Å². The number of phenolic OH excluding ortho intramolecular Hbond substituents is 1. The largest absolute Gasteiger partial charge is 0.505 e. The molecule has 0 spiro atoms. The second kappa shape index (κ2) is 3.95. The van der Waals surface area contributed by atoms with Gasteiger partial charge in [-0.15, -0.1) is 0 Å². The van der Waals surface area contributed by atoms with Crippen molar-refractivity contribution in [2.75, 3.05) is 6.61 Å². The van der Waals surface area contributed by atoms with E-state index in [2.05, 4.69) is 4.98 Å². The van der Waals surface area contributed by atoms with E-state index in [0.717, 1.165) is 33.1 Å². The van der Waals surface area contributed by atoms with E-state index in [1.165, 1.54) is 0 Å². The molecule has 1 heterocycles. The van der Waals surface area contributed by atoms with Crippen molar-refractivity contribution in [2.24, 2.45) is 0 Å². The highest BCUT2D eigenvalue weighted by atomic mass is 16.5. The molecule has 3 aromatic rings. The fourth-order valence-electron chi connectivity index (χ4n) is 2.35. The normalized spacial score (nSPS) is 11.2. The number of aromatic amines is 1. The van der Waals surface area contributed by atoms with Gasteiger partial charge in [0.05, 0.1) is 12.1 Å². The Labute approximate surface area is 105 Å². The number of para-hydroxylation sites is 1. The molecular formula is C15H15NO2. The van der Waals surface area contributed by atoms with E-state index < -0.39 is 0 Å². The topological polar surface area (TPSA) is 45.2 Å². The smallest absolute Gasteiger partial charge is 0.146 e. The second-order valence-electron chi connectivity index (χ2n) is 4.37. The van der Waals surface area contributed by atoms with Gasteiger partial charge >= 0.3 is 0 Å². The van der Waals surface area contributed by atoms with Gasteiger partial charge in [0.1, 0.15) is 11.5 Å². The van der Waals surface area contributed by atoms with Crippen molar-refractivity contribution in [3.05, 3.63) is 35.9 Å². The lowest BCUT2D eigenvalue weighted by Crippen LogP contribution is -1.94. The van der Waals surface area contributed by atoms with E-state index in [0.29, 0.717) is 6.61 Å². The Morgan fingerprint density at radius 1 is 1.22 bits per heavy atom. The molecule has 3 rings (SSSR count). The summed E-state index contributed by atoms with van der Waals surface area (Å²) in [7, 11) is 0. The molecule has 3 nitrogen and oxygen atoms in total. The highest BCUT2D eigenvalue weighted by Gasteiger charge is 2.14. The molecule has 92 valence electrons. The summed E-state index contributed by atoms with van der Waals surface area (Å²) in [5, 5.41) is 12.4. The maximum atomic E-state index is 10.3. The van der Waals surface area contributed by atoms with E-state index in [-0.39, 0.29) is 5.75 Å². The van der Waals surface area contributed by atoms with Crippen molar-refractivity contribution in [1.29, 1.82) is 0 Å². The molecular weight excluding hydrogens is 226 g/mol. The monoisotopic (exact) mass is 241 g/mol. The Bertz CT molecular complexity index is 728. The van der Waals surface area contributed by atoms with Crippen LogP contribution in [0.4, 0.5) is 0 Å². The van der Waals surface area contributed by atoms with Crippen molar-refractivity contribution in [2.45, 2.75) is 13.8 Å². The lowest BCUT2D eigenvalue weighted by atomic mass is 10.1. The minimum atomic E-state index is 0.271. The van der Waals surface area contributed by atoms with Crippen LogP contribution in [0.25, 0.3) is 21.8 Å². The number of ether oxygens (including phenoxy) is 1. The second-order valence-corrected chi connectivity index (χ2v) is 4.37. The first kappa shape index (κ1) is 11.0. The third-order valence-corrected chi connectivity index (χ3v) is 3.28. The maximum absolute atomic E-state index is 10.3. The lowest BCUT2D eigenvalue weighted by molar-refractivity contribution is 0.335. The molecule has 2 aromatic carbocycles. The predicted octanol–water partition coefficient (Wildman–Crippen LogP) is 3.73. The summed E-state index contributed by atoms with van der Waals surface area (Å²) >= 11 is 0. The minimum Gasteiger partial charge on any atom is -0.505 e. The minimum absolute atomic E-state index is 0.271. The highest BCUT2D eigenvalue weighted by molar-refractivity contribution is 6.10. The van der Waals surface area contributed by atoms with Crippen LogP contribution >= 0.6 is 0 Å². The van der Waals surface area contributed by atoms with Crippen molar-refractivity contribution >= 4 is 21.8 Å². The fraction of sp³-hybridized carbons (Fsp3) is 0.200. The van der Waals surface area contributed by atoms with E-state index in [1.54, 1.807) is 0 Å². The van der Waals surface area contributed by atoms with E-state index in [1.807, 2.05) is 44.2 Å². The third kappa shape index (κ3) is 1.44. The highest BCUT2D eigenvalue weighted by Crippen LogP contribution is 2.38. The van der Waals surface area contributed by atoms with Crippen molar-refractivity contribution in [3.63, 3.8) is 0 Å². The zero-order valence-corrected chi connectivity index (χ0v) is 10.4. The number of phenols is 1. The molecule has 0 aliphatic rings. The van der Waals surface area contributed by atoms with Gasteiger partial charge in [-0.25, -0.2) is 0 Å². The molecule has 0 amide bonds. The average Bonchev–Trinajstić information content (AvgIpc) is 2.75. The molecule has 0 aliphatic carbocycles. The zero-order chi connectivity index (χ0) is 12.7. The summed E-state index contributed by atoms with van der Waals surface area (Å²) in [5.74, 6) is 1.01. The van der Waals surface area contributed by atoms with Crippen molar-refractivity contribution < 1.29 is 9.84 Å².